The Labute approximate surface area is 118 Å². The van der Waals surface area contributed by atoms with Crippen molar-refractivity contribution in [2.75, 3.05) is 5.32 Å². The summed E-state index contributed by atoms with van der Waals surface area (Å²) in [4.78, 5) is 15.0. The first-order chi connectivity index (χ1) is 9.24. The molecule has 8 heteroatoms. The lowest BCUT2D eigenvalue weighted by Crippen LogP contribution is -2.44. The minimum absolute atomic E-state index is 0.0380. The van der Waals surface area contributed by atoms with Gasteiger partial charge in [0, 0.05) is 6.20 Å². The second-order valence-corrected chi connectivity index (χ2v) is 5.18. The van der Waals surface area contributed by atoms with E-state index in [0.717, 1.165) is 18.9 Å². The van der Waals surface area contributed by atoms with E-state index in [1.165, 1.54) is 0 Å². The van der Waals surface area contributed by atoms with Gasteiger partial charge in [0.15, 0.2) is 0 Å². The number of carbonyl (C=O) groups is 1. The molecule has 0 saturated heterocycles. The second-order valence-electron chi connectivity index (χ2n) is 4.77. The maximum atomic E-state index is 12.5. The summed E-state index contributed by atoms with van der Waals surface area (Å²) < 4.78 is 37.5. The standard InChI is InChI=1S/C12H12ClF3N2O2/c13-8-5-7(12(14,15)16)6-17-9(8)18-11(10(19)20)3-1-2-4-11/h5-6H,1-4H2,(H,17,18)(H,19,20). The molecule has 0 aromatic carbocycles. The highest BCUT2D eigenvalue weighted by Gasteiger charge is 2.42. The fourth-order valence-electron chi connectivity index (χ4n) is 2.28. The number of hydrogen-bond acceptors (Lipinski definition) is 3. The number of hydrogen-bond donors (Lipinski definition) is 2. The van der Waals surface area contributed by atoms with Gasteiger partial charge in [-0.2, -0.15) is 13.2 Å². The molecule has 2 rings (SSSR count). The van der Waals surface area contributed by atoms with Gasteiger partial charge in [-0.25, -0.2) is 9.78 Å². The summed E-state index contributed by atoms with van der Waals surface area (Å²) in [7, 11) is 0. The van der Waals surface area contributed by atoms with Gasteiger partial charge in [0.1, 0.15) is 11.4 Å². The van der Waals surface area contributed by atoms with Crippen molar-refractivity contribution in [1.82, 2.24) is 4.98 Å². The van der Waals surface area contributed by atoms with Gasteiger partial charge < -0.3 is 10.4 Å². The van der Waals surface area contributed by atoms with Crippen molar-refractivity contribution in [1.29, 1.82) is 0 Å². The van der Waals surface area contributed by atoms with Gasteiger partial charge in [-0.3, -0.25) is 0 Å². The summed E-state index contributed by atoms with van der Waals surface area (Å²) in [6, 6.07) is 0.737. The maximum absolute atomic E-state index is 12.5. The summed E-state index contributed by atoms with van der Waals surface area (Å²) in [5.74, 6) is -1.09. The van der Waals surface area contributed by atoms with E-state index in [1.54, 1.807) is 0 Å². The average molecular weight is 309 g/mol. The quantitative estimate of drug-likeness (QED) is 0.896. The fourth-order valence-corrected chi connectivity index (χ4v) is 2.50. The number of nitrogens with one attached hydrogen (secondary N) is 1. The highest BCUT2D eigenvalue weighted by atomic mass is 35.5. The van der Waals surface area contributed by atoms with Gasteiger partial charge in [-0.15, -0.1) is 0 Å². The predicted octanol–water partition coefficient (Wildman–Crippen LogP) is 3.56. The molecular formula is C12H12ClF3N2O2. The van der Waals surface area contributed by atoms with Crippen LogP contribution in [0.4, 0.5) is 19.0 Å². The molecule has 110 valence electrons. The molecule has 1 heterocycles. The lowest BCUT2D eigenvalue weighted by atomic mass is 9.98. The number of halogens is 4. The lowest BCUT2D eigenvalue weighted by molar-refractivity contribution is -0.142. The van der Waals surface area contributed by atoms with E-state index >= 15 is 0 Å². The smallest absolute Gasteiger partial charge is 0.417 e. The zero-order chi connectivity index (χ0) is 15.0. The number of anilines is 1. The average Bonchev–Trinajstić information content (AvgIpc) is 2.80. The van der Waals surface area contributed by atoms with Crippen LogP contribution in [-0.2, 0) is 11.0 Å². The molecular weight excluding hydrogens is 297 g/mol. The van der Waals surface area contributed by atoms with Crippen LogP contribution in [0, 0.1) is 0 Å². The molecule has 0 atom stereocenters. The number of alkyl halides is 3. The highest BCUT2D eigenvalue weighted by molar-refractivity contribution is 6.33. The molecule has 4 nitrogen and oxygen atoms in total. The maximum Gasteiger partial charge on any atom is 0.417 e. The van der Waals surface area contributed by atoms with Crippen molar-refractivity contribution in [2.24, 2.45) is 0 Å². The van der Waals surface area contributed by atoms with E-state index in [0.29, 0.717) is 19.0 Å². The number of nitrogens with zero attached hydrogens (tertiary/aromatic N) is 1. The first-order valence-electron chi connectivity index (χ1n) is 5.99. The van der Waals surface area contributed by atoms with E-state index in [2.05, 4.69) is 10.3 Å². The summed E-state index contributed by atoms with van der Waals surface area (Å²) in [6.07, 6.45) is -1.65. The third-order valence-electron chi connectivity index (χ3n) is 3.39. The van der Waals surface area contributed by atoms with Crippen LogP contribution in [0.2, 0.25) is 5.02 Å². The molecule has 2 N–H and O–H groups in total. The molecule has 1 aromatic rings. The van der Waals surface area contributed by atoms with Crippen LogP contribution >= 0.6 is 11.6 Å². The summed E-state index contributed by atoms with van der Waals surface area (Å²) in [6.45, 7) is 0. The van der Waals surface area contributed by atoms with Crippen LogP contribution in [0.15, 0.2) is 12.3 Å². The molecule has 0 spiro atoms. The van der Waals surface area contributed by atoms with E-state index in [9.17, 15) is 23.1 Å². The van der Waals surface area contributed by atoms with Crippen molar-refractivity contribution in [3.63, 3.8) is 0 Å². The Bertz CT molecular complexity index is 528. The lowest BCUT2D eigenvalue weighted by Gasteiger charge is -2.26. The number of aliphatic carboxylic acids is 1. The van der Waals surface area contributed by atoms with Gasteiger partial charge in [0.05, 0.1) is 10.6 Å². The Morgan fingerprint density at radius 1 is 1.40 bits per heavy atom. The van der Waals surface area contributed by atoms with Crippen molar-refractivity contribution in [2.45, 2.75) is 37.4 Å². The third kappa shape index (κ3) is 2.82. The van der Waals surface area contributed by atoms with Gasteiger partial charge in [-0.05, 0) is 18.9 Å². The number of rotatable bonds is 3. The first-order valence-corrected chi connectivity index (χ1v) is 6.37. The Kier molecular flexibility index (Phi) is 3.82. The van der Waals surface area contributed by atoms with E-state index < -0.39 is 23.2 Å². The van der Waals surface area contributed by atoms with Crippen LogP contribution < -0.4 is 5.32 Å². The normalized spacial score (nSPS) is 18.0. The molecule has 1 fully saturated rings. The monoisotopic (exact) mass is 308 g/mol. The van der Waals surface area contributed by atoms with Crippen LogP contribution in [-0.4, -0.2) is 21.6 Å². The minimum atomic E-state index is -4.53. The van der Waals surface area contributed by atoms with Crippen molar-refractivity contribution >= 4 is 23.4 Å². The fraction of sp³-hybridized carbons (Fsp3) is 0.500. The van der Waals surface area contributed by atoms with Gasteiger partial charge in [0.2, 0.25) is 0 Å². The van der Waals surface area contributed by atoms with Crippen molar-refractivity contribution in [3.05, 3.63) is 22.8 Å². The molecule has 0 bridgehead atoms. The zero-order valence-electron chi connectivity index (χ0n) is 10.3. The number of aromatic nitrogens is 1. The number of carboxylic acids is 1. The third-order valence-corrected chi connectivity index (χ3v) is 3.68. The topological polar surface area (TPSA) is 62.2 Å². The molecule has 1 aliphatic rings. The van der Waals surface area contributed by atoms with Crippen LogP contribution in [0.5, 0.6) is 0 Å². The molecule has 0 aliphatic heterocycles. The molecule has 0 amide bonds. The summed E-state index contributed by atoms with van der Waals surface area (Å²) >= 11 is 5.76. The summed E-state index contributed by atoms with van der Waals surface area (Å²) in [5, 5.41) is 11.7. The Morgan fingerprint density at radius 3 is 2.45 bits per heavy atom. The molecule has 1 aromatic heterocycles. The number of pyridine rings is 1. The second kappa shape index (κ2) is 5.12. The van der Waals surface area contributed by atoms with Gasteiger partial charge >= 0.3 is 12.1 Å². The predicted molar refractivity (Wildman–Crippen MR) is 66.7 cm³/mol. The SMILES string of the molecule is O=C(O)C1(Nc2ncc(C(F)(F)F)cc2Cl)CCCC1. The molecule has 0 radical (unpaired) electrons. The van der Waals surface area contributed by atoms with Gasteiger partial charge in [0.25, 0.3) is 0 Å². The number of carboxylic acid groups (broad SMARTS) is 1. The van der Waals surface area contributed by atoms with Crippen molar-refractivity contribution < 1.29 is 23.1 Å². The molecule has 1 aliphatic carbocycles. The van der Waals surface area contributed by atoms with Crippen LogP contribution in [0.3, 0.4) is 0 Å². The van der Waals surface area contributed by atoms with Gasteiger partial charge in [-0.1, -0.05) is 24.4 Å². The molecule has 0 unspecified atom stereocenters. The Morgan fingerprint density at radius 2 is 2.00 bits per heavy atom. The zero-order valence-corrected chi connectivity index (χ0v) is 11.1. The molecule has 20 heavy (non-hydrogen) atoms. The van der Waals surface area contributed by atoms with E-state index in [4.69, 9.17) is 11.6 Å². The minimum Gasteiger partial charge on any atom is -0.480 e. The van der Waals surface area contributed by atoms with Crippen LogP contribution in [0.25, 0.3) is 0 Å². The highest BCUT2D eigenvalue weighted by Crippen LogP contribution is 2.37. The van der Waals surface area contributed by atoms with Crippen LogP contribution in [0.1, 0.15) is 31.2 Å². The molecule has 1 saturated carbocycles. The Balaban J connectivity index is 2.28. The summed E-state index contributed by atoms with van der Waals surface area (Å²) in [5.41, 5.74) is -2.17. The van der Waals surface area contributed by atoms with Crippen molar-refractivity contribution in [3.8, 4) is 0 Å². The first kappa shape index (κ1) is 14.9. The largest absolute Gasteiger partial charge is 0.480 e. The van der Waals surface area contributed by atoms with E-state index in [-0.39, 0.29) is 10.8 Å². The Hall–Kier alpha value is -1.50. The van der Waals surface area contributed by atoms with E-state index in [1.807, 2.05) is 0 Å².